The van der Waals surface area contributed by atoms with Gasteiger partial charge in [0.15, 0.2) is 10.9 Å². The number of rotatable bonds is 11. The molecule has 1 saturated heterocycles. The number of piperazine rings is 1. The number of fused-ring (bicyclic) bond motifs is 1. The summed E-state index contributed by atoms with van der Waals surface area (Å²) in [6, 6.07) is 11.2. The first kappa shape index (κ1) is 25.5. The van der Waals surface area contributed by atoms with Crippen molar-refractivity contribution in [2.24, 2.45) is 0 Å². The standard InChI is InChI=1S/C26H33ClN4O3S/c1-3-4-5-18-34-20-8-6-19(7-9-20)25(32)28-12-13-30-14-16-31(17-15-30)26-29-23-22(35-26)11-10-21(27)24(23)33-2/h6-11H,3-5,12-18H2,1-2H3,(H,28,32). The Bertz CT molecular complexity index is 1110. The third-order valence-electron chi connectivity index (χ3n) is 6.15. The van der Waals surface area contributed by atoms with Gasteiger partial charge < -0.3 is 19.7 Å². The van der Waals surface area contributed by atoms with Gasteiger partial charge in [0.1, 0.15) is 11.3 Å². The number of carbonyl (C=O) groups is 1. The topological polar surface area (TPSA) is 66.9 Å². The number of carbonyl (C=O) groups excluding carboxylic acids is 1. The summed E-state index contributed by atoms with van der Waals surface area (Å²) in [6.07, 6.45) is 3.39. The molecule has 9 heteroatoms. The number of aromatic nitrogens is 1. The zero-order valence-electron chi connectivity index (χ0n) is 20.4. The number of thiazole rings is 1. The summed E-state index contributed by atoms with van der Waals surface area (Å²) in [7, 11) is 1.62. The zero-order chi connectivity index (χ0) is 24.6. The Balaban J connectivity index is 1.20. The predicted octanol–water partition coefficient (Wildman–Crippen LogP) is 5.08. The van der Waals surface area contributed by atoms with Gasteiger partial charge in [-0.1, -0.05) is 42.7 Å². The van der Waals surface area contributed by atoms with E-state index < -0.39 is 0 Å². The van der Waals surface area contributed by atoms with Crippen molar-refractivity contribution < 1.29 is 14.3 Å². The largest absolute Gasteiger partial charge is 0.494 e. The van der Waals surface area contributed by atoms with Gasteiger partial charge in [-0.2, -0.15) is 0 Å². The van der Waals surface area contributed by atoms with E-state index in [0.29, 0.717) is 29.5 Å². The number of methoxy groups -OCH3 is 1. The minimum atomic E-state index is -0.0525. The number of hydrogen-bond donors (Lipinski definition) is 1. The fraction of sp³-hybridized carbons (Fsp3) is 0.462. The molecule has 1 fully saturated rings. The molecule has 3 aromatic rings. The molecule has 0 radical (unpaired) electrons. The van der Waals surface area contributed by atoms with E-state index in [0.717, 1.165) is 60.2 Å². The van der Waals surface area contributed by atoms with E-state index in [-0.39, 0.29) is 5.91 Å². The Labute approximate surface area is 216 Å². The average molecular weight is 517 g/mol. The quantitative estimate of drug-likeness (QED) is 0.358. The Morgan fingerprint density at radius 2 is 1.89 bits per heavy atom. The van der Waals surface area contributed by atoms with E-state index in [1.54, 1.807) is 18.4 Å². The van der Waals surface area contributed by atoms with Crippen LogP contribution in [-0.2, 0) is 0 Å². The number of ether oxygens (including phenoxy) is 2. The van der Waals surface area contributed by atoms with Gasteiger partial charge in [0, 0.05) is 44.8 Å². The van der Waals surface area contributed by atoms with Crippen LogP contribution in [0.5, 0.6) is 11.5 Å². The normalized spacial score (nSPS) is 14.3. The van der Waals surface area contributed by atoms with E-state index in [4.69, 9.17) is 26.1 Å². The highest BCUT2D eigenvalue weighted by Gasteiger charge is 2.21. The predicted molar refractivity (Wildman–Crippen MR) is 144 cm³/mol. The first-order chi connectivity index (χ1) is 17.1. The van der Waals surface area contributed by atoms with Gasteiger partial charge in [-0.05, 0) is 42.8 Å². The lowest BCUT2D eigenvalue weighted by Gasteiger charge is -2.34. The van der Waals surface area contributed by atoms with Crippen LogP contribution in [0.1, 0.15) is 36.5 Å². The van der Waals surface area contributed by atoms with Crippen molar-refractivity contribution >= 4 is 44.2 Å². The summed E-state index contributed by atoms with van der Waals surface area (Å²) < 4.78 is 12.2. The summed E-state index contributed by atoms with van der Waals surface area (Å²) in [4.78, 5) is 22.0. The van der Waals surface area contributed by atoms with Gasteiger partial charge >= 0.3 is 0 Å². The summed E-state index contributed by atoms with van der Waals surface area (Å²) >= 11 is 7.91. The smallest absolute Gasteiger partial charge is 0.251 e. The molecule has 1 N–H and O–H groups in total. The Morgan fingerprint density at radius 3 is 2.60 bits per heavy atom. The maximum atomic E-state index is 12.5. The molecular formula is C26H33ClN4O3S. The van der Waals surface area contributed by atoms with Crippen LogP contribution in [0.15, 0.2) is 36.4 Å². The van der Waals surface area contributed by atoms with Crippen LogP contribution in [0, 0.1) is 0 Å². The number of benzene rings is 2. The minimum Gasteiger partial charge on any atom is -0.494 e. The molecule has 0 unspecified atom stereocenters. The number of unbranched alkanes of at least 4 members (excludes halogenated alkanes) is 2. The van der Waals surface area contributed by atoms with Gasteiger partial charge in [0.2, 0.25) is 0 Å². The lowest BCUT2D eigenvalue weighted by molar-refractivity contribution is 0.0947. The average Bonchev–Trinajstić information content (AvgIpc) is 3.32. The second kappa shape index (κ2) is 12.4. The molecule has 35 heavy (non-hydrogen) atoms. The number of nitrogens with one attached hydrogen (secondary N) is 1. The van der Waals surface area contributed by atoms with Crippen molar-refractivity contribution in [3.8, 4) is 11.5 Å². The fourth-order valence-corrected chi connectivity index (χ4v) is 5.35. The molecule has 2 heterocycles. The maximum absolute atomic E-state index is 12.5. The molecule has 1 amide bonds. The molecule has 7 nitrogen and oxygen atoms in total. The molecule has 188 valence electrons. The lowest BCUT2D eigenvalue weighted by Crippen LogP contribution is -2.48. The first-order valence-electron chi connectivity index (χ1n) is 12.2. The molecule has 0 bridgehead atoms. The van der Waals surface area contributed by atoms with Crippen molar-refractivity contribution in [3.63, 3.8) is 0 Å². The highest BCUT2D eigenvalue weighted by Crippen LogP contribution is 2.38. The SMILES string of the molecule is CCCCCOc1ccc(C(=O)NCCN2CCN(c3nc4c(OC)c(Cl)ccc4s3)CC2)cc1. The second-order valence-electron chi connectivity index (χ2n) is 8.59. The minimum absolute atomic E-state index is 0.0525. The summed E-state index contributed by atoms with van der Waals surface area (Å²) in [5.74, 6) is 1.39. The number of halogens is 1. The third kappa shape index (κ3) is 6.57. The molecule has 4 rings (SSSR count). The number of anilines is 1. The monoisotopic (exact) mass is 516 g/mol. The maximum Gasteiger partial charge on any atom is 0.251 e. The number of nitrogens with zero attached hydrogens (tertiary/aromatic N) is 3. The molecule has 2 aromatic carbocycles. The van der Waals surface area contributed by atoms with Gasteiger partial charge in [0.05, 0.1) is 23.4 Å². The van der Waals surface area contributed by atoms with Crippen molar-refractivity contribution in [3.05, 3.63) is 47.0 Å². The van der Waals surface area contributed by atoms with Crippen LogP contribution >= 0.6 is 22.9 Å². The Kier molecular flexibility index (Phi) is 9.06. The second-order valence-corrected chi connectivity index (χ2v) is 10.0. The molecule has 0 spiro atoms. The van der Waals surface area contributed by atoms with Gasteiger partial charge in [-0.15, -0.1) is 0 Å². The molecule has 1 aliphatic heterocycles. The van der Waals surface area contributed by atoms with Gasteiger partial charge in [0.25, 0.3) is 5.91 Å². The Hall–Kier alpha value is -2.55. The molecular weight excluding hydrogens is 484 g/mol. The summed E-state index contributed by atoms with van der Waals surface area (Å²) in [6.45, 7) is 7.96. The van der Waals surface area contributed by atoms with Crippen LogP contribution in [0.3, 0.4) is 0 Å². The third-order valence-corrected chi connectivity index (χ3v) is 7.53. The van der Waals surface area contributed by atoms with Crippen molar-refractivity contribution in [2.45, 2.75) is 26.2 Å². The fourth-order valence-electron chi connectivity index (χ4n) is 4.10. The summed E-state index contributed by atoms with van der Waals surface area (Å²) in [5.41, 5.74) is 1.48. The van der Waals surface area contributed by atoms with Crippen molar-refractivity contribution in [2.75, 3.05) is 57.9 Å². The molecule has 0 aliphatic carbocycles. The van der Waals surface area contributed by atoms with E-state index in [1.807, 2.05) is 36.4 Å². The molecule has 0 atom stereocenters. The molecule has 0 saturated carbocycles. The van der Waals surface area contributed by atoms with E-state index in [9.17, 15) is 4.79 Å². The highest BCUT2D eigenvalue weighted by molar-refractivity contribution is 7.22. The van der Waals surface area contributed by atoms with Crippen LogP contribution in [-0.4, -0.2) is 68.8 Å². The van der Waals surface area contributed by atoms with Crippen molar-refractivity contribution in [1.82, 2.24) is 15.2 Å². The molecule has 1 aromatic heterocycles. The lowest BCUT2D eigenvalue weighted by atomic mass is 10.2. The van der Waals surface area contributed by atoms with Crippen LogP contribution in [0.2, 0.25) is 5.02 Å². The Morgan fingerprint density at radius 1 is 1.11 bits per heavy atom. The molecule has 1 aliphatic rings. The number of amides is 1. The van der Waals surface area contributed by atoms with E-state index >= 15 is 0 Å². The number of hydrogen-bond acceptors (Lipinski definition) is 7. The van der Waals surface area contributed by atoms with Gasteiger partial charge in [-0.25, -0.2) is 4.98 Å². The van der Waals surface area contributed by atoms with Gasteiger partial charge in [-0.3, -0.25) is 9.69 Å². The van der Waals surface area contributed by atoms with Crippen molar-refractivity contribution in [1.29, 1.82) is 0 Å². The van der Waals surface area contributed by atoms with Crippen LogP contribution < -0.4 is 19.7 Å². The van der Waals surface area contributed by atoms with E-state index in [1.165, 1.54) is 12.8 Å². The highest BCUT2D eigenvalue weighted by atomic mass is 35.5. The van der Waals surface area contributed by atoms with Crippen LogP contribution in [0.4, 0.5) is 5.13 Å². The van der Waals surface area contributed by atoms with Crippen LogP contribution in [0.25, 0.3) is 10.2 Å². The van der Waals surface area contributed by atoms with E-state index in [2.05, 4.69) is 22.0 Å². The zero-order valence-corrected chi connectivity index (χ0v) is 22.0. The first-order valence-corrected chi connectivity index (χ1v) is 13.4. The summed E-state index contributed by atoms with van der Waals surface area (Å²) in [5, 5.41) is 4.60.